The topological polar surface area (TPSA) is 85.3 Å². The van der Waals surface area contributed by atoms with E-state index >= 15 is 0 Å². The number of rotatable bonds is 5. The SMILES string of the molecule is C=C(C)OC(=O)C1c2cc(OC(C)C)c(OC)cc2CCN1C(=O)O. The van der Waals surface area contributed by atoms with E-state index in [-0.39, 0.29) is 18.4 Å². The molecule has 1 N–H and O–H groups in total. The standard InChI is InChI=1S/C18H23NO6/c1-10(2)24-15-9-13-12(8-14(15)23-5)6-7-19(18(21)22)16(13)17(20)25-11(3)4/h8-10,16H,3,6-7H2,1-2,4-5H3,(H,21,22). The molecule has 1 amide bonds. The van der Waals surface area contributed by atoms with Gasteiger partial charge in [0.2, 0.25) is 0 Å². The van der Waals surface area contributed by atoms with Gasteiger partial charge in [0, 0.05) is 6.54 Å². The van der Waals surface area contributed by atoms with Crippen LogP contribution in [0.15, 0.2) is 24.5 Å². The Hall–Kier alpha value is -2.70. The Bertz CT molecular complexity index is 697. The first-order valence-corrected chi connectivity index (χ1v) is 7.98. The molecule has 7 nitrogen and oxygen atoms in total. The number of esters is 1. The molecule has 2 rings (SSSR count). The van der Waals surface area contributed by atoms with Gasteiger partial charge in [-0.25, -0.2) is 9.59 Å². The monoisotopic (exact) mass is 349 g/mol. The number of amides is 1. The first-order valence-electron chi connectivity index (χ1n) is 7.98. The van der Waals surface area contributed by atoms with E-state index in [4.69, 9.17) is 14.2 Å². The van der Waals surface area contributed by atoms with Gasteiger partial charge < -0.3 is 19.3 Å². The molecular formula is C18H23NO6. The lowest BCUT2D eigenvalue weighted by atomic mass is 9.92. The predicted molar refractivity (Wildman–Crippen MR) is 90.8 cm³/mol. The average molecular weight is 349 g/mol. The van der Waals surface area contributed by atoms with Crippen LogP contribution in [0.25, 0.3) is 0 Å². The molecule has 0 fully saturated rings. The van der Waals surface area contributed by atoms with Crippen LogP contribution in [0.3, 0.4) is 0 Å². The van der Waals surface area contributed by atoms with Gasteiger partial charge >= 0.3 is 12.1 Å². The number of fused-ring (bicyclic) bond motifs is 1. The molecule has 0 saturated carbocycles. The van der Waals surface area contributed by atoms with Gasteiger partial charge in [0.15, 0.2) is 17.5 Å². The molecule has 1 heterocycles. The summed E-state index contributed by atoms with van der Waals surface area (Å²) < 4.78 is 16.2. The molecule has 1 aliphatic rings. The predicted octanol–water partition coefficient (Wildman–Crippen LogP) is 3.14. The summed E-state index contributed by atoms with van der Waals surface area (Å²) in [5.74, 6) is 0.519. The third-order valence-corrected chi connectivity index (χ3v) is 3.76. The molecule has 0 radical (unpaired) electrons. The number of hydrogen-bond donors (Lipinski definition) is 1. The van der Waals surface area contributed by atoms with Gasteiger partial charge in [0.05, 0.1) is 19.0 Å². The van der Waals surface area contributed by atoms with Crippen molar-refractivity contribution in [1.82, 2.24) is 4.90 Å². The highest BCUT2D eigenvalue weighted by atomic mass is 16.5. The molecular weight excluding hydrogens is 326 g/mol. The molecule has 7 heteroatoms. The minimum atomic E-state index is -1.18. The van der Waals surface area contributed by atoms with E-state index in [9.17, 15) is 14.7 Å². The van der Waals surface area contributed by atoms with Crippen LogP contribution in [0.5, 0.6) is 11.5 Å². The summed E-state index contributed by atoms with van der Waals surface area (Å²) in [5.41, 5.74) is 1.37. The van der Waals surface area contributed by atoms with Crippen molar-refractivity contribution in [2.45, 2.75) is 39.3 Å². The van der Waals surface area contributed by atoms with Gasteiger partial charge in [0.25, 0.3) is 0 Å². The third kappa shape index (κ3) is 4.04. The average Bonchev–Trinajstić information content (AvgIpc) is 2.51. The van der Waals surface area contributed by atoms with E-state index in [1.165, 1.54) is 14.0 Å². The van der Waals surface area contributed by atoms with Crippen molar-refractivity contribution in [3.05, 3.63) is 35.6 Å². The summed E-state index contributed by atoms with van der Waals surface area (Å²) in [7, 11) is 1.54. The Morgan fingerprint density at radius 1 is 1.32 bits per heavy atom. The molecule has 1 aromatic carbocycles. The normalized spacial score (nSPS) is 16.2. The van der Waals surface area contributed by atoms with Crippen LogP contribution in [-0.4, -0.2) is 41.8 Å². The molecule has 0 bridgehead atoms. The molecule has 0 aliphatic carbocycles. The minimum Gasteiger partial charge on any atom is -0.493 e. The number of hydrogen-bond acceptors (Lipinski definition) is 5. The number of carbonyl (C=O) groups is 2. The molecule has 1 unspecified atom stereocenters. The molecule has 0 aromatic heterocycles. The number of ether oxygens (including phenoxy) is 3. The summed E-state index contributed by atoms with van der Waals surface area (Å²) in [4.78, 5) is 25.2. The maximum atomic E-state index is 12.5. The fraction of sp³-hybridized carbons (Fsp3) is 0.444. The summed E-state index contributed by atoms with van der Waals surface area (Å²) in [5, 5.41) is 9.47. The molecule has 136 valence electrons. The van der Waals surface area contributed by atoms with E-state index in [1.807, 2.05) is 13.8 Å². The molecule has 1 aliphatic heterocycles. The quantitative estimate of drug-likeness (QED) is 0.649. The van der Waals surface area contributed by atoms with Crippen molar-refractivity contribution >= 4 is 12.1 Å². The number of allylic oxidation sites excluding steroid dienone is 1. The number of carboxylic acid groups (broad SMARTS) is 1. The molecule has 0 spiro atoms. The lowest BCUT2D eigenvalue weighted by Gasteiger charge is -2.34. The van der Waals surface area contributed by atoms with Crippen LogP contribution in [-0.2, 0) is 16.0 Å². The van der Waals surface area contributed by atoms with Crippen LogP contribution < -0.4 is 9.47 Å². The van der Waals surface area contributed by atoms with Crippen molar-refractivity contribution in [2.24, 2.45) is 0 Å². The Morgan fingerprint density at radius 2 is 2.00 bits per heavy atom. The van der Waals surface area contributed by atoms with Gasteiger partial charge in [-0.1, -0.05) is 6.58 Å². The van der Waals surface area contributed by atoms with Gasteiger partial charge in [-0.15, -0.1) is 0 Å². The summed E-state index contributed by atoms with van der Waals surface area (Å²) >= 11 is 0. The maximum Gasteiger partial charge on any atom is 0.408 e. The zero-order valence-corrected chi connectivity index (χ0v) is 14.9. The highest BCUT2D eigenvalue weighted by molar-refractivity contribution is 5.84. The molecule has 1 atom stereocenters. The van der Waals surface area contributed by atoms with Gasteiger partial charge in [-0.2, -0.15) is 0 Å². The van der Waals surface area contributed by atoms with Gasteiger partial charge in [-0.3, -0.25) is 4.90 Å². The largest absolute Gasteiger partial charge is 0.493 e. The Labute approximate surface area is 146 Å². The van der Waals surface area contributed by atoms with Gasteiger partial charge in [-0.05, 0) is 50.5 Å². The molecule has 25 heavy (non-hydrogen) atoms. The first-order chi connectivity index (χ1) is 11.7. The third-order valence-electron chi connectivity index (χ3n) is 3.76. The van der Waals surface area contributed by atoms with E-state index in [2.05, 4.69) is 6.58 Å². The van der Waals surface area contributed by atoms with Crippen molar-refractivity contribution in [3.8, 4) is 11.5 Å². The summed E-state index contributed by atoms with van der Waals surface area (Å²) in [6.07, 6.45) is -0.819. The Morgan fingerprint density at radius 3 is 2.52 bits per heavy atom. The number of benzene rings is 1. The maximum absolute atomic E-state index is 12.5. The van der Waals surface area contributed by atoms with Crippen molar-refractivity contribution in [1.29, 1.82) is 0 Å². The zero-order chi connectivity index (χ0) is 18.7. The highest BCUT2D eigenvalue weighted by Gasteiger charge is 2.38. The molecule has 1 aromatic rings. The van der Waals surface area contributed by atoms with Crippen LogP contribution in [0.1, 0.15) is 37.9 Å². The lowest BCUT2D eigenvalue weighted by Crippen LogP contribution is -2.43. The van der Waals surface area contributed by atoms with Crippen LogP contribution in [0, 0.1) is 0 Å². The highest BCUT2D eigenvalue weighted by Crippen LogP contribution is 2.39. The second-order valence-corrected chi connectivity index (χ2v) is 6.12. The number of nitrogens with zero attached hydrogens (tertiary/aromatic N) is 1. The zero-order valence-electron chi connectivity index (χ0n) is 14.9. The number of carbonyl (C=O) groups excluding carboxylic acids is 1. The van der Waals surface area contributed by atoms with E-state index in [0.29, 0.717) is 23.5 Å². The first kappa shape index (κ1) is 18.6. The van der Waals surface area contributed by atoms with E-state index in [0.717, 1.165) is 10.5 Å². The second kappa shape index (κ2) is 7.46. The van der Waals surface area contributed by atoms with Crippen LogP contribution >= 0.6 is 0 Å². The van der Waals surface area contributed by atoms with Crippen LogP contribution in [0.4, 0.5) is 4.79 Å². The van der Waals surface area contributed by atoms with Crippen molar-refractivity contribution in [3.63, 3.8) is 0 Å². The molecule has 0 saturated heterocycles. The lowest BCUT2D eigenvalue weighted by molar-refractivity contribution is -0.145. The Kier molecular flexibility index (Phi) is 5.56. The minimum absolute atomic E-state index is 0.105. The van der Waals surface area contributed by atoms with Crippen LogP contribution in [0.2, 0.25) is 0 Å². The van der Waals surface area contributed by atoms with E-state index < -0.39 is 18.1 Å². The van der Waals surface area contributed by atoms with Gasteiger partial charge in [0.1, 0.15) is 0 Å². The Balaban J connectivity index is 2.55. The van der Waals surface area contributed by atoms with Crippen molar-refractivity contribution < 1.29 is 28.9 Å². The van der Waals surface area contributed by atoms with E-state index in [1.54, 1.807) is 12.1 Å². The fourth-order valence-corrected chi connectivity index (χ4v) is 2.82. The second-order valence-electron chi connectivity index (χ2n) is 6.12. The number of methoxy groups -OCH3 is 1. The fourth-order valence-electron chi connectivity index (χ4n) is 2.82. The summed E-state index contributed by atoms with van der Waals surface area (Å²) in [6, 6.07) is 2.37. The smallest absolute Gasteiger partial charge is 0.408 e. The van der Waals surface area contributed by atoms with Crippen molar-refractivity contribution in [2.75, 3.05) is 13.7 Å². The summed E-state index contributed by atoms with van der Waals surface area (Å²) in [6.45, 7) is 9.01.